The molecule has 0 spiro atoms. The third kappa shape index (κ3) is 2.18. The summed E-state index contributed by atoms with van der Waals surface area (Å²) in [5.41, 5.74) is 1.93. The number of anilines is 1. The second-order valence-corrected chi connectivity index (χ2v) is 4.43. The molecule has 2 rings (SSSR count). The zero-order valence-electron chi connectivity index (χ0n) is 9.56. The Kier molecular flexibility index (Phi) is 3.41. The van der Waals surface area contributed by atoms with Gasteiger partial charge in [-0.1, -0.05) is 0 Å². The monoisotopic (exact) mass is 222 g/mol. The molecule has 4 nitrogen and oxygen atoms in total. The Morgan fingerprint density at radius 1 is 1.50 bits per heavy atom. The van der Waals surface area contributed by atoms with Gasteiger partial charge < -0.3 is 15.1 Å². The molecule has 1 unspecified atom stereocenters. The highest BCUT2D eigenvalue weighted by Crippen LogP contribution is 2.24. The van der Waals surface area contributed by atoms with Crippen LogP contribution in [0.25, 0.3) is 0 Å². The molecule has 16 heavy (non-hydrogen) atoms. The smallest absolute Gasteiger partial charge is 0.131 e. The van der Waals surface area contributed by atoms with E-state index in [1.165, 1.54) is 0 Å². The van der Waals surface area contributed by atoms with Gasteiger partial charge in [-0.2, -0.15) is 0 Å². The van der Waals surface area contributed by atoms with Crippen molar-refractivity contribution in [3.05, 3.63) is 23.4 Å². The Morgan fingerprint density at radius 3 is 2.88 bits per heavy atom. The maximum atomic E-state index is 9.10. The normalized spacial score (nSPS) is 20.4. The number of rotatable bonds is 3. The van der Waals surface area contributed by atoms with E-state index < -0.39 is 0 Å². The van der Waals surface area contributed by atoms with Gasteiger partial charge in [0.25, 0.3) is 0 Å². The quantitative estimate of drug-likeness (QED) is 0.790. The summed E-state index contributed by atoms with van der Waals surface area (Å²) in [6.45, 7) is 4.13. The van der Waals surface area contributed by atoms with Crippen LogP contribution in [-0.2, 0) is 6.61 Å². The van der Waals surface area contributed by atoms with Gasteiger partial charge in [0, 0.05) is 31.8 Å². The van der Waals surface area contributed by atoms with Gasteiger partial charge in [-0.3, -0.25) is 0 Å². The first kappa shape index (κ1) is 11.4. The van der Waals surface area contributed by atoms with Gasteiger partial charge in [0.1, 0.15) is 5.82 Å². The van der Waals surface area contributed by atoms with Crippen molar-refractivity contribution in [2.75, 3.05) is 24.6 Å². The largest absolute Gasteiger partial charge is 0.396 e. The second-order valence-electron chi connectivity index (χ2n) is 4.43. The second kappa shape index (κ2) is 4.80. The van der Waals surface area contributed by atoms with Crippen LogP contribution >= 0.6 is 0 Å². The van der Waals surface area contributed by atoms with Crippen LogP contribution in [0.1, 0.15) is 17.5 Å². The number of aliphatic hydroxyl groups excluding tert-OH is 2. The number of pyridine rings is 1. The van der Waals surface area contributed by atoms with E-state index in [2.05, 4.69) is 9.88 Å². The molecule has 0 amide bonds. The molecule has 1 aromatic rings. The number of hydrogen-bond donors (Lipinski definition) is 2. The molecule has 4 heteroatoms. The zero-order chi connectivity index (χ0) is 11.5. The SMILES string of the molecule is Cc1cc(CO)cnc1N1CCC(CO)C1. The Labute approximate surface area is 95.5 Å². The van der Waals surface area contributed by atoms with Gasteiger partial charge in [0.05, 0.1) is 6.61 Å². The lowest BCUT2D eigenvalue weighted by atomic mass is 10.1. The average molecular weight is 222 g/mol. The van der Waals surface area contributed by atoms with Crippen LogP contribution in [0.5, 0.6) is 0 Å². The summed E-state index contributed by atoms with van der Waals surface area (Å²) < 4.78 is 0. The molecule has 88 valence electrons. The number of nitrogens with zero attached hydrogens (tertiary/aromatic N) is 2. The molecule has 0 aromatic carbocycles. The van der Waals surface area contributed by atoms with Crippen molar-refractivity contribution < 1.29 is 10.2 Å². The van der Waals surface area contributed by atoms with Crippen molar-refractivity contribution in [1.82, 2.24) is 4.98 Å². The average Bonchev–Trinajstić information content (AvgIpc) is 2.77. The molecule has 1 atom stereocenters. The maximum Gasteiger partial charge on any atom is 0.131 e. The van der Waals surface area contributed by atoms with Gasteiger partial charge in [-0.25, -0.2) is 4.98 Å². The van der Waals surface area contributed by atoms with Crippen LogP contribution in [0.15, 0.2) is 12.3 Å². The highest BCUT2D eigenvalue weighted by Gasteiger charge is 2.23. The zero-order valence-corrected chi connectivity index (χ0v) is 9.56. The van der Waals surface area contributed by atoms with Gasteiger partial charge in [-0.05, 0) is 30.5 Å². The Hall–Kier alpha value is -1.13. The molecule has 0 radical (unpaired) electrons. The first-order chi connectivity index (χ1) is 7.74. The molecular formula is C12H18N2O2. The first-order valence-electron chi connectivity index (χ1n) is 5.66. The summed E-state index contributed by atoms with van der Waals surface area (Å²) in [5.74, 6) is 1.35. The van der Waals surface area contributed by atoms with Gasteiger partial charge in [0.15, 0.2) is 0 Å². The Balaban J connectivity index is 2.15. The lowest BCUT2D eigenvalue weighted by Crippen LogP contribution is -2.22. The highest BCUT2D eigenvalue weighted by atomic mass is 16.3. The van der Waals surface area contributed by atoms with E-state index in [1.54, 1.807) is 6.20 Å². The van der Waals surface area contributed by atoms with Crippen molar-refractivity contribution in [2.45, 2.75) is 20.0 Å². The third-order valence-corrected chi connectivity index (χ3v) is 3.13. The molecule has 1 fully saturated rings. The predicted octanol–water partition coefficient (Wildman–Crippen LogP) is 0.701. The summed E-state index contributed by atoms with van der Waals surface area (Å²) >= 11 is 0. The van der Waals surface area contributed by atoms with E-state index in [0.29, 0.717) is 5.92 Å². The molecular weight excluding hydrogens is 204 g/mol. The molecule has 1 saturated heterocycles. The summed E-state index contributed by atoms with van der Waals surface area (Å²) in [7, 11) is 0. The van der Waals surface area contributed by atoms with Crippen LogP contribution in [0.4, 0.5) is 5.82 Å². The van der Waals surface area contributed by atoms with Crippen molar-refractivity contribution in [1.29, 1.82) is 0 Å². The fourth-order valence-electron chi connectivity index (χ4n) is 2.22. The van der Waals surface area contributed by atoms with E-state index in [1.807, 2.05) is 13.0 Å². The molecule has 0 saturated carbocycles. The van der Waals surface area contributed by atoms with Crippen molar-refractivity contribution in [3.8, 4) is 0 Å². The number of aryl methyl sites for hydroxylation is 1. The highest BCUT2D eigenvalue weighted by molar-refractivity contribution is 5.48. The van der Waals surface area contributed by atoms with Crippen molar-refractivity contribution in [2.24, 2.45) is 5.92 Å². The Bertz CT molecular complexity index is 368. The molecule has 0 aliphatic carbocycles. The number of aliphatic hydroxyl groups is 2. The maximum absolute atomic E-state index is 9.10. The van der Waals surface area contributed by atoms with Gasteiger partial charge >= 0.3 is 0 Å². The van der Waals surface area contributed by atoms with E-state index >= 15 is 0 Å². The number of aromatic nitrogens is 1. The minimum atomic E-state index is 0.0351. The summed E-state index contributed by atoms with van der Waals surface area (Å²) in [4.78, 5) is 6.59. The van der Waals surface area contributed by atoms with E-state index in [9.17, 15) is 0 Å². The van der Waals surface area contributed by atoms with E-state index in [0.717, 1.165) is 36.5 Å². The fourth-order valence-corrected chi connectivity index (χ4v) is 2.22. The van der Waals surface area contributed by atoms with E-state index in [4.69, 9.17) is 10.2 Å². The first-order valence-corrected chi connectivity index (χ1v) is 5.66. The van der Waals surface area contributed by atoms with Crippen LogP contribution in [0.3, 0.4) is 0 Å². The van der Waals surface area contributed by atoms with Crippen LogP contribution in [0, 0.1) is 12.8 Å². The minimum Gasteiger partial charge on any atom is -0.396 e. The lowest BCUT2D eigenvalue weighted by molar-refractivity contribution is 0.238. The summed E-state index contributed by atoms with van der Waals surface area (Å²) in [6, 6.07) is 1.97. The van der Waals surface area contributed by atoms with Crippen LogP contribution < -0.4 is 4.90 Å². The third-order valence-electron chi connectivity index (χ3n) is 3.13. The van der Waals surface area contributed by atoms with Gasteiger partial charge in [0.2, 0.25) is 0 Å². The van der Waals surface area contributed by atoms with Crippen LogP contribution in [0.2, 0.25) is 0 Å². The number of hydrogen-bond acceptors (Lipinski definition) is 4. The topological polar surface area (TPSA) is 56.6 Å². The minimum absolute atomic E-state index is 0.0351. The molecule has 2 N–H and O–H groups in total. The van der Waals surface area contributed by atoms with Crippen molar-refractivity contribution >= 4 is 5.82 Å². The van der Waals surface area contributed by atoms with Gasteiger partial charge in [-0.15, -0.1) is 0 Å². The fraction of sp³-hybridized carbons (Fsp3) is 0.583. The molecule has 1 aromatic heterocycles. The molecule has 2 heterocycles. The lowest BCUT2D eigenvalue weighted by Gasteiger charge is -2.19. The molecule has 0 bridgehead atoms. The predicted molar refractivity (Wildman–Crippen MR) is 62.3 cm³/mol. The molecule has 1 aliphatic heterocycles. The summed E-state index contributed by atoms with van der Waals surface area (Å²) in [5, 5.41) is 18.1. The van der Waals surface area contributed by atoms with Crippen LogP contribution in [-0.4, -0.2) is 34.9 Å². The standard InChI is InChI=1S/C12H18N2O2/c1-9-4-11(8-16)5-13-12(9)14-3-2-10(6-14)7-15/h4-5,10,15-16H,2-3,6-8H2,1H3. The van der Waals surface area contributed by atoms with Crippen molar-refractivity contribution in [3.63, 3.8) is 0 Å². The summed E-state index contributed by atoms with van der Waals surface area (Å²) in [6.07, 6.45) is 2.74. The molecule has 1 aliphatic rings. The Morgan fingerprint density at radius 2 is 2.31 bits per heavy atom. The van der Waals surface area contributed by atoms with E-state index in [-0.39, 0.29) is 13.2 Å².